The molecule has 0 unspecified atom stereocenters. The minimum absolute atomic E-state index is 0.0223. The number of carbonyl (C=O) groups excluding carboxylic acids is 1. The molecule has 3 heterocycles. The Morgan fingerprint density at radius 3 is 2.62 bits per heavy atom. The fraction of sp³-hybridized carbons (Fsp3) is 0.440. The normalized spacial score (nSPS) is 17.2. The van der Waals surface area contributed by atoms with E-state index in [-0.39, 0.29) is 17.9 Å². The van der Waals surface area contributed by atoms with Gasteiger partial charge in [0.25, 0.3) is 0 Å². The van der Waals surface area contributed by atoms with Crippen LogP contribution in [0.2, 0.25) is 0 Å². The van der Waals surface area contributed by atoms with Crippen LogP contribution < -0.4 is 4.90 Å². The van der Waals surface area contributed by atoms with E-state index in [2.05, 4.69) is 22.2 Å². The lowest BCUT2D eigenvalue weighted by Gasteiger charge is -2.36. The van der Waals surface area contributed by atoms with Gasteiger partial charge in [-0.1, -0.05) is 35.5 Å². The molecule has 2 aromatic heterocycles. The van der Waals surface area contributed by atoms with Crippen molar-refractivity contribution in [1.82, 2.24) is 20.0 Å². The quantitative estimate of drug-likeness (QED) is 0.607. The topological polar surface area (TPSA) is 75.4 Å². The van der Waals surface area contributed by atoms with Crippen molar-refractivity contribution < 1.29 is 9.32 Å². The van der Waals surface area contributed by atoms with Crippen molar-refractivity contribution in [2.24, 2.45) is 5.92 Å². The lowest BCUT2D eigenvalue weighted by Crippen LogP contribution is -2.42. The maximum Gasteiger partial charge on any atom is 0.226 e. The molecular weight excluding hydrogens is 402 g/mol. The van der Waals surface area contributed by atoms with Crippen molar-refractivity contribution in [3.05, 3.63) is 59.6 Å². The summed E-state index contributed by atoms with van der Waals surface area (Å²) in [7, 11) is 1.86. The van der Waals surface area contributed by atoms with E-state index in [0.717, 1.165) is 68.1 Å². The summed E-state index contributed by atoms with van der Waals surface area (Å²) < 4.78 is 4.95. The molecule has 32 heavy (non-hydrogen) atoms. The molecule has 1 aromatic carbocycles. The van der Waals surface area contributed by atoms with Gasteiger partial charge < -0.3 is 14.3 Å². The molecule has 1 amide bonds. The molecule has 2 aliphatic rings. The van der Waals surface area contributed by atoms with Crippen LogP contribution >= 0.6 is 0 Å². The van der Waals surface area contributed by atoms with Crippen molar-refractivity contribution >= 4 is 11.7 Å². The van der Waals surface area contributed by atoms with E-state index in [4.69, 9.17) is 14.5 Å². The summed E-state index contributed by atoms with van der Waals surface area (Å²) >= 11 is 0. The Morgan fingerprint density at radius 2 is 1.91 bits per heavy atom. The number of hydrogen-bond acceptors (Lipinski definition) is 6. The summed E-state index contributed by atoms with van der Waals surface area (Å²) in [5.41, 5.74) is 4.32. The molecule has 0 spiro atoms. The van der Waals surface area contributed by atoms with Crippen LogP contribution in [0.25, 0.3) is 11.4 Å². The summed E-state index contributed by atoms with van der Waals surface area (Å²) in [6, 6.07) is 11.9. The van der Waals surface area contributed by atoms with E-state index in [1.807, 2.05) is 38.2 Å². The highest BCUT2D eigenvalue weighted by atomic mass is 16.5. The summed E-state index contributed by atoms with van der Waals surface area (Å²) in [5.74, 6) is 2.08. The Hall–Kier alpha value is -3.22. The molecule has 1 saturated heterocycles. The molecule has 5 rings (SSSR count). The van der Waals surface area contributed by atoms with E-state index < -0.39 is 0 Å². The average Bonchev–Trinajstić information content (AvgIpc) is 3.55. The molecule has 7 nitrogen and oxygen atoms in total. The van der Waals surface area contributed by atoms with Crippen LogP contribution in [0.1, 0.15) is 49.2 Å². The average molecular weight is 432 g/mol. The number of hydrogen-bond donors (Lipinski definition) is 0. The number of amides is 1. The SMILES string of the molecule is C[C@H](c1ccon1)N(C)C(=O)C1CCN(c2nc(-c3ccccc3)nc3c2CCC3)CC1. The maximum absolute atomic E-state index is 13.1. The number of carbonyl (C=O) groups is 1. The van der Waals surface area contributed by atoms with Crippen molar-refractivity contribution in [3.63, 3.8) is 0 Å². The number of fused-ring (bicyclic) bond motifs is 1. The van der Waals surface area contributed by atoms with Crippen LogP contribution in [0.4, 0.5) is 5.82 Å². The van der Waals surface area contributed by atoms with Gasteiger partial charge >= 0.3 is 0 Å². The van der Waals surface area contributed by atoms with Crippen LogP contribution in [0, 0.1) is 5.92 Å². The zero-order chi connectivity index (χ0) is 22.1. The Labute approximate surface area is 188 Å². The first-order valence-electron chi connectivity index (χ1n) is 11.5. The van der Waals surface area contributed by atoms with E-state index in [0.29, 0.717) is 0 Å². The summed E-state index contributed by atoms with van der Waals surface area (Å²) in [4.78, 5) is 27.2. The lowest BCUT2D eigenvalue weighted by atomic mass is 9.94. The molecule has 0 radical (unpaired) electrons. The first-order chi connectivity index (χ1) is 15.6. The predicted octanol–water partition coefficient (Wildman–Crippen LogP) is 4.06. The third-order valence-electron chi connectivity index (χ3n) is 6.90. The number of piperidine rings is 1. The van der Waals surface area contributed by atoms with Crippen molar-refractivity contribution in [3.8, 4) is 11.4 Å². The summed E-state index contributed by atoms with van der Waals surface area (Å²) in [6.45, 7) is 3.65. The largest absolute Gasteiger partial charge is 0.364 e. The number of aryl methyl sites for hydroxylation is 1. The fourth-order valence-corrected chi connectivity index (χ4v) is 4.84. The van der Waals surface area contributed by atoms with Crippen LogP contribution in [-0.2, 0) is 17.6 Å². The third-order valence-corrected chi connectivity index (χ3v) is 6.90. The number of anilines is 1. The zero-order valence-corrected chi connectivity index (χ0v) is 18.7. The highest BCUT2D eigenvalue weighted by molar-refractivity contribution is 5.79. The zero-order valence-electron chi connectivity index (χ0n) is 18.7. The standard InChI is InChI=1S/C25H29N5O2/c1-17(21-13-16-32-28-21)29(2)25(31)19-11-14-30(15-12-19)24-20-9-6-10-22(20)26-23(27-24)18-7-4-3-5-8-18/h3-5,7-8,13,16-17,19H,6,9-12,14-15H2,1-2H3/t17-/m1/s1. The summed E-state index contributed by atoms with van der Waals surface area (Å²) in [5, 5.41) is 3.99. The number of aromatic nitrogens is 3. The molecular formula is C25H29N5O2. The minimum Gasteiger partial charge on any atom is -0.364 e. The van der Waals surface area contributed by atoms with Gasteiger partial charge in [0.15, 0.2) is 5.82 Å². The van der Waals surface area contributed by atoms with Crippen molar-refractivity contribution in [1.29, 1.82) is 0 Å². The molecule has 1 aliphatic heterocycles. The second-order valence-corrected chi connectivity index (χ2v) is 8.83. The first-order valence-corrected chi connectivity index (χ1v) is 11.5. The minimum atomic E-state index is -0.0992. The highest BCUT2D eigenvalue weighted by Crippen LogP contribution is 2.34. The monoisotopic (exact) mass is 431 g/mol. The lowest BCUT2D eigenvalue weighted by molar-refractivity contribution is -0.136. The van der Waals surface area contributed by atoms with E-state index in [1.165, 1.54) is 11.3 Å². The van der Waals surface area contributed by atoms with Gasteiger partial charge in [-0.2, -0.15) is 0 Å². The third kappa shape index (κ3) is 3.87. The molecule has 7 heteroatoms. The number of benzene rings is 1. The molecule has 0 saturated carbocycles. The van der Waals surface area contributed by atoms with Crippen LogP contribution in [0.5, 0.6) is 0 Å². The molecule has 166 valence electrons. The molecule has 0 bridgehead atoms. The van der Waals surface area contributed by atoms with Gasteiger partial charge in [-0.25, -0.2) is 9.97 Å². The second kappa shape index (κ2) is 8.73. The van der Waals surface area contributed by atoms with E-state index >= 15 is 0 Å². The Morgan fingerprint density at radius 1 is 1.12 bits per heavy atom. The first kappa shape index (κ1) is 20.7. The Balaban J connectivity index is 1.31. The summed E-state index contributed by atoms with van der Waals surface area (Å²) in [6.07, 6.45) is 6.39. The second-order valence-electron chi connectivity index (χ2n) is 8.83. The highest BCUT2D eigenvalue weighted by Gasteiger charge is 2.32. The van der Waals surface area contributed by atoms with Crippen LogP contribution in [0.15, 0.2) is 47.2 Å². The van der Waals surface area contributed by atoms with Gasteiger partial charge in [0.2, 0.25) is 5.91 Å². The Kier molecular flexibility index (Phi) is 5.64. The van der Waals surface area contributed by atoms with Gasteiger partial charge in [-0.3, -0.25) is 4.79 Å². The van der Waals surface area contributed by atoms with Gasteiger partial charge in [0.05, 0.1) is 6.04 Å². The van der Waals surface area contributed by atoms with Gasteiger partial charge in [0, 0.05) is 48.9 Å². The molecule has 1 fully saturated rings. The molecule has 0 N–H and O–H groups in total. The van der Waals surface area contributed by atoms with Crippen molar-refractivity contribution in [2.75, 3.05) is 25.0 Å². The maximum atomic E-state index is 13.1. The van der Waals surface area contributed by atoms with Gasteiger partial charge in [-0.15, -0.1) is 0 Å². The Bertz CT molecular complexity index is 1080. The fourth-order valence-electron chi connectivity index (χ4n) is 4.84. The van der Waals surface area contributed by atoms with Crippen LogP contribution in [0.3, 0.4) is 0 Å². The van der Waals surface area contributed by atoms with E-state index in [1.54, 1.807) is 11.2 Å². The van der Waals surface area contributed by atoms with Crippen LogP contribution in [-0.4, -0.2) is 46.1 Å². The molecule has 1 aliphatic carbocycles. The van der Waals surface area contributed by atoms with E-state index in [9.17, 15) is 4.79 Å². The number of nitrogens with zero attached hydrogens (tertiary/aromatic N) is 5. The smallest absolute Gasteiger partial charge is 0.226 e. The predicted molar refractivity (Wildman–Crippen MR) is 122 cm³/mol. The number of rotatable bonds is 5. The molecule has 3 aromatic rings. The van der Waals surface area contributed by atoms with Crippen molar-refractivity contribution in [2.45, 2.75) is 45.1 Å². The van der Waals surface area contributed by atoms with Gasteiger partial charge in [-0.05, 0) is 39.0 Å². The van der Waals surface area contributed by atoms with Gasteiger partial charge in [0.1, 0.15) is 17.8 Å². The molecule has 1 atom stereocenters.